The van der Waals surface area contributed by atoms with Gasteiger partial charge >= 0.3 is 0 Å². The van der Waals surface area contributed by atoms with Crippen molar-refractivity contribution in [2.75, 3.05) is 17.7 Å². The van der Waals surface area contributed by atoms with E-state index in [9.17, 15) is 4.79 Å². The lowest BCUT2D eigenvalue weighted by Crippen LogP contribution is -2.14. The number of unbranched alkanes of at least 4 members (excludes halogenated alkanes) is 1. The van der Waals surface area contributed by atoms with E-state index < -0.39 is 0 Å². The van der Waals surface area contributed by atoms with E-state index in [1.807, 2.05) is 24.3 Å². The van der Waals surface area contributed by atoms with Crippen LogP contribution >= 0.6 is 11.8 Å². The summed E-state index contributed by atoms with van der Waals surface area (Å²) in [4.78, 5) is 27.4. The Morgan fingerprint density at radius 1 is 1.24 bits per heavy atom. The summed E-state index contributed by atoms with van der Waals surface area (Å²) in [6.07, 6.45) is 5.14. The fourth-order valence-electron chi connectivity index (χ4n) is 2.15. The van der Waals surface area contributed by atoms with Crippen molar-refractivity contribution in [1.29, 1.82) is 0 Å². The lowest BCUT2D eigenvalue weighted by molar-refractivity contribution is -0.113. The van der Waals surface area contributed by atoms with Gasteiger partial charge in [-0.15, -0.1) is 0 Å². The number of thioether (sulfide) groups is 1. The van der Waals surface area contributed by atoms with E-state index in [1.54, 1.807) is 6.33 Å². The van der Waals surface area contributed by atoms with Crippen LogP contribution in [0.25, 0.3) is 11.2 Å². The van der Waals surface area contributed by atoms with Crippen molar-refractivity contribution in [3.8, 4) is 5.75 Å². The molecule has 0 radical (unpaired) electrons. The van der Waals surface area contributed by atoms with Crippen molar-refractivity contribution in [3.63, 3.8) is 0 Å². The number of H-pyrrole nitrogens is 1. The van der Waals surface area contributed by atoms with E-state index in [-0.39, 0.29) is 11.7 Å². The summed E-state index contributed by atoms with van der Waals surface area (Å²) in [5.41, 5.74) is 2.08. The van der Waals surface area contributed by atoms with Gasteiger partial charge in [0, 0.05) is 5.69 Å². The molecule has 2 heterocycles. The van der Waals surface area contributed by atoms with Crippen molar-refractivity contribution < 1.29 is 9.53 Å². The molecular weight excluding hydrogens is 338 g/mol. The highest BCUT2D eigenvalue weighted by Crippen LogP contribution is 2.22. The molecule has 0 aliphatic carbocycles. The summed E-state index contributed by atoms with van der Waals surface area (Å²) in [5.74, 6) is 0.958. The Morgan fingerprint density at radius 3 is 2.88 bits per heavy atom. The second-order valence-electron chi connectivity index (χ2n) is 5.34. The van der Waals surface area contributed by atoms with Crippen LogP contribution in [0.3, 0.4) is 0 Å². The van der Waals surface area contributed by atoms with Crippen LogP contribution in [0, 0.1) is 0 Å². The summed E-state index contributed by atoms with van der Waals surface area (Å²) >= 11 is 1.34. The van der Waals surface area contributed by atoms with Crippen molar-refractivity contribution in [1.82, 2.24) is 19.9 Å². The van der Waals surface area contributed by atoms with E-state index >= 15 is 0 Å². The smallest absolute Gasteiger partial charge is 0.234 e. The minimum atomic E-state index is -0.101. The molecule has 0 bridgehead atoms. The summed E-state index contributed by atoms with van der Waals surface area (Å²) in [6, 6.07) is 7.39. The Bertz CT molecular complexity index is 834. The summed E-state index contributed by atoms with van der Waals surface area (Å²) in [5, 5.41) is 3.57. The number of aromatic amines is 1. The largest absolute Gasteiger partial charge is 0.494 e. The zero-order chi connectivity index (χ0) is 17.5. The van der Waals surface area contributed by atoms with Gasteiger partial charge in [0.05, 0.1) is 18.7 Å². The van der Waals surface area contributed by atoms with Gasteiger partial charge in [-0.3, -0.25) is 4.79 Å². The molecule has 0 spiro atoms. The number of carbonyl (C=O) groups is 1. The van der Waals surface area contributed by atoms with Crippen LogP contribution in [0.15, 0.2) is 41.9 Å². The zero-order valence-electron chi connectivity index (χ0n) is 13.9. The first-order chi connectivity index (χ1) is 12.3. The minimum absolute atomic E-state index is 0.101. The van der Waals surface area contributed by atoms with E-state index in [0.717, 1.165) is 29.8 Å². The molecule has 1 amide bonds. The molecule has 130 valence electrons. The van der Waals surface area contributed by atoms with Crippen LogP contribution in [0.4, 0.5) is 5.69 Å². The lowest BCUT2D eigenvalue weighted by Gasteiger charge is -2.08. The van der Waals surface area contributed by atoms with Crippen molar-refractivity contribution in [2.24, 2.45) is 0 Å². The number of nitrogens with zero attached hydrogens (tertiary/aromatic N) is 3. The van der Waals surface area contributed by atoms with Crippen LogP contribution in [0.1, 0.15) is 19.8 Å². The van der Waals surface area contributed by atoms with E-state index in [1.165, 1.54) is 18.1 Å². The topological polar surface area (TPSA) is 92.8 Å². The number of aromatic nitrogens is 4. The van der Waals surface area contributed by atoms with Gasteiger partial charge in [-0.05, 0) is 30.7 Å². The number of hydrogen-bond acceptors (Lipinski definition) is 6. The molecule has 0 aliphatic rings. The van der Waals surface area contributed by atoms with E-state index in [4.69, 9.17) is 4.74 Å². The number of hydrogen-bond donors (Lipinski definition) is 2. The maximum atomic E-state index is 12.1. The minimum Gasteiger partial charge on any atom is -0.494 e. The number of anilines is 1. The molecule has 0 unspecified atom stereocenters. The molecule has 3 rings (SSSR count). The third-order valence-electron chi connectivity index (χ3n) is 3.43. The van der Waals surface area contributed by atoms with Gasteiger partial charge in [0.25, 0.3) is 0 Å². The molecule has 0 atom stereocenters. The van der Waals surface area contributed by atoms with Gasteiger partial charge in [-0.2, -0.15) is 0 Å². The number of nitrogens with one attached hydrogen (secondary N) is 2. The van der Waals surface area contributed by atoms with Crippen LogP contribution in [-0.2, 0) is 4.79 Å². The molecule has 1 aromatic carbocycles. The Morgan fingerprint density at radius 2 is 2.08 bits per heavy atom. The number of benzene rings is 1. The average Bonchev–Trinajstić information content (AvgIpc) is 3.11. The van der Waals surface area contributed by atoms with Crippen LogP contribution < -0.4 is 10.1 Å². The molecule has 0 aliphatic heterocycles. The molecule has 0 saturated carbocycles. The molecular formula is C17H19N5O2S. The molecule has 7 nitrogen and oxygen atoms in total. The number of rotatable bonds is 8. The maximum absolute atomic E-state index is 12.1. The molecule has 25 heavy (non-hydrogen) atoms. The lowest BCUT2D eigenvalue weighted by atomic mass is 10.3. The van der Waals surface area contributed by atoms with Crippen molar-refractivity contribution in [3.05, 3.63) is 36.9 Å². The van der Waals surface area contributed by atoms with Gasteiger partial charge in [-0.1, -0.05) is 25.1 Å². The number of imidazole rings is 1. The van der Waals surface area contributed by atoms with Gasteiger partial charge in [0.2, 0.25) is 5.91 Å². The standard InChI is InChI=1S/C17H19N5O2S/c1-2-3-8-24-13-6-4-12(5-7-13)22-14(23)9-25-17-15-16(19-10-18-15)20-11-21-17/h4-7,10-11H,2-3,8-9H2,1H3,(H,22,23)(H,18,19,20,21). The third kappa shape index (κ3) is 4.69. The highest BCUT2D eigenvalue weighted by molar-refractivity contribution is 8.00. The normalized spacial score (nSPS) is 10.8. The monoisotopic (exact) mass is 357 g/mol. The van der Waals surface area contributed by atoms with Gasteiger partial charge in [0.15, 0.2) is 5.65 Å². The summed E-state index contributed by atoms with van der Waals surface area (Å²) in [7, 11) is 0. The number of ether oxygens (including phenoxy) is 1. The predicted octanol–water partition coefficient (Wildman–Crippen LogP) is 3.26. The number of fused-ring (bicyclic) bond motifs is 1. The third-order valence-corrected chi connectivity index (χ3v) is 4.42. The first kappa shape index (κ1) is 17.2. The quantitative estimate of drug-likeness (QED) is 0.365. The molecule has 3 aromatic rings. The highest BCUT2D eigenvalue weighted by Gasteiger charge is 2.09. The SMILES string of the molecule is CCCCOc1ccc(NC(=O)CSc2ncnc3nc[nH]c23)cc1. The summed E-state index contributed by atoms with van der Waals surface area (Å²) < 4.78 is 5.60. The Hall–Kier alpha value is -2.61. The van der Waals surface area contributed by atoms with Crippen molar-refractivity contribution in [2.45, 2.75) is 24.8 Å². The molecule has 2 N–H and O–H groups in total. The maximum Gasteiger partial charge on any atom is 0.234 e. The second-order valence-corrected chi connectivity index (χ2v) is 6.31. The number of amides is 1. The van der Waals surface area contributed by atoms with Gasteiger partial charge in [-0.25, -0.2) is 15.0 Å². The first-order valence-corrected chi connectivity index (χ1v) is 9.04. The Labute approximate surface area is 149 Å². The Kier molecular flexibility index (Phi) is 5.84. The zero-order valence-corrected chi connectivity index (χ0v) is 14.7. The fraction of sp³-hybridized carbons (Fsp3) is 0.294. The van der Waals surface area contributed by atoms with Crippen LogP contribution in [0.2, 0.25) is 0 Å². The van der Waals surface area contributed by atoms with E-state index in [2.05, 4.69) is 32.2 Å². The van der Waals surface area contributed by atoms with Gasteiger partial charge in [0.1, 0.15) is 22.6 Å². The first-order valence-electron chi connectivity index (χ1n) is 8.06. The molecule has 0 saturated heterocycles. The van der Waals surface area contributed by atoms with Gasteiger partial charge < -0.3 is 15.0 Å². The molecule has 2 aromatic heterocycles. The van der Waals surface area contributed by atoms with Crippen LogP contribution in [0.5, 0.6) is 5.75 Å². The fourth-order valence-corrected chi connectivity index (χ4v) is 2.91. The summed E-state index contributed by atoms with van der Waals surface area (Å²) in [6.45, 7) is 2.83. The second kappa shape index (κ2) is 8.48. The molecule has 8 heteroatoms. The predicted molar refractivity (Wildman–Crippen MR) is 97.9 cm³/mol. The average molecular weight is 357 g/mol. The van der Waals surface area contributed by atoms with Crippen molar-refractivity contribution >= 4 is 34.5 Å². The highest BCUT2D eigenvalue weighted by atomic mass is 32.2. The van der Waals surface area contributed by atoms with Crippen LogP contribution in [-0.4, -0.2) is 38.2 Å². The van der Waals surface area contributed by atoms with E-state index in [0.29, 0.717) is 17.3 Å². The molecule has 0 fully saturated rings. The number of carbonyl (C=O) groups excluding carboxylic acids is 1. The Balaban J connectivity index is 1.51.